The van der Waals surface area contributed by atoms with Crippen LogP contribution in [0.1, 0.15) is 26.7 Å². The summed E-state index contributed by atoms with van der Waals surface area (Å²) in [6.45, 7) is 4.15. The third-order valence-corrected chi connectivity index (χ3v) is 1.40. The Bertz CT molecular complexity index is 85.1. The van der Waals surface area contributed by atoms with Crippen LogP contribution in [0.5, 0.6) is 0 Å². The van der Waals surface area contributed by atoms with Crippen LogP contribution in [-0.4, -0.2) is 12.4 Å². The van der Waals surface area contributed by atoms with Crippen molar-refractivity contribution in [2.45, 2.75) is 39.1 Å². The summed E-state index contributed by atoms with van der Waals surface area (Å²) in [5.74, 6) is 0. The minimum atomic E-state index is 0.168. The van der Waals surface area contributed by atoms with Crippen LogP contribution in [0, 0.1) is 0 Å². The van der Waals surface area contributed by atoms with Gasteiger partial charge >= 0.3 is 0 Å². The number of hydrogen-bond donors (Lipinski definition) is 2. The molecule has 0 spiro atoms. The van der Waals surface area contributed by atoms with Gasteiger partial charge in [-0.1, -0.05) is 13.3 Å². The molecule has 2 unspecified atom stereocenters. The van der Waals surface area contributed by atoms with Gasteiger partial charge in [0.1, 0.15) is 6.23 Å². The highest BCUT2D eigenvalue weighted by Gasteiger charge is 2.18. The molecule has 0 aromatic heterocycles. The maximum atomic E-state index is 5.06. The maximum Gasteiger partial charge on any atom is 0.128 e. The van der Waals surface area contributed by atoms with Gasteiger partial charge in [0, 0.05) is 0 Å². The molecule has 0 aromatic carbocycles. The largest absolute Gasteiger partial charge is 0.282 e. The Morgan fingerprint density at radius 2 is 2.33 bits per heavy atom. The van der Waals surface area contributed by atoms with Crippen molar-refractivity contribution in [1.82, 2.24) is 10.8 Å². The number of rotatable bonds is 2. The first-order chi connectivity index (χ1) is 4.33. The van der Waals surface area contributed by atoms with Crippen LogP contribution in [0.4, 0.5) is 0 Å². The Labute approximate surface area is 55.7 Å². The Morgan fingerprint density at radius 1 is 1.56 bits per heavy atom. The van der Waals surface area contributed by atoms with Gasteiger partial charge < -0.3 is 0 Å². The summed E-state index contributed by atoms with van der Waals surface area (Å²) in [5, 5.41) is 3.22. The molecular formula is C6H14N2O. The van der Waals surface area contributed by atoms with Crippen LogP contribution >= 0.6 is 0 Å². The fourth-order valence-electron chi connectivity index (χ4n) is 0.966. The molecule has 1 saturated heterocycles. The average Bonchev–Trinajstić information content (AvgIpc) is 2.17. The van der Waals surface area contributed by atoms with Gasteiger partial charge in [0.05, 0.1) is 6.17 Å². The van der Waals surface area contributed by atoms with E-state index in [1.807, 2.05) is 6.92 Å². The van der Waals surface area contributed by atoms with Gasteiger partial charge in [-0.05, 0) is 13.3 Å². The summed E-state index contributed by atoms with van der Waals surface area (Å²) < 4.78 is 0. The minimum Gasteiger partial charge on any atom is -0.282 e. The van der Waals surface area contributed by atoms with E-state index in [4.69, 9.17) is 4.84 Å². The van der Waals surface area contributed by atoms with Crippen molar-refractivity contribution in [2.75, 3.05) is 0 Å². The summed E-state index contributed by atoms with van der Waals surface area (Å²) >= 11 is 0. The first-order valence-corrected chi connectivity index (χ1v) is 3.50. The van der Waals surface area contributed by atoms with Crippen LogP contribution in [0.15, 0.2) is 0 Å². The Kier molecular flexibility index (Phi) is 2.45. The molecule has 0 radical (unpaired) electrons. The third-order valence-electron chi connectivity index (χ3n) is 1.40. The van der Waals surface area contributed by atoms with Gasteiger partial charge in [0.25, 0.3) is 0 Å². The molecule has 54 valence electrons. The van der Waals surface area contributed by atoms with Crippen LogP contribution in [0.2, 0.25) is 0 Å². The summed E-state index contributed by atoms with van der Waals surface area (Å²) in [6, 6.07) is 0. The van der Waals surface area contributed by atoms with E-state index in [0.717, 1.165) is 6.42 Å². The summed E-state index contributed by atoms with van der Waals surface area (Å²) in [6.07, 6.45) is 2.84. The van der Waals surface area contributed by atoms with Crippen molar-refractivity contribution in [2.24, 2.45) is 0 Å². The lowest BCUT2D eigenvalue weighted by Gasteiger charge is -2.04. The number of hydroxylamine groups is 1. The lowest BCUT2D eigenvalue weighted by Crippen LogP contribution is -2.32. The molecular weight excluding hydrogens is 116 g/mol. The molecule has 1 rings (SSSR count). The standard InChI is InChI=1S/C6H14N2O/c1-3-4-6-7-5(2)9-8-6/h5-8H,3-4H2,1-2H3. The molecule has 0 aliphatic carbocycles. The first kappa shape index (κ1) is 6.99. The monoisotopic (exact) mass is 130 g/mol. The summed E-state index contributed by atoms with van der Waals surface area (Å²) in [4.78, 5) is 5.06. The minimum absolute atomic E-state index is 0.168. The molecule has 0 amide bonds. The zero-order valence-electron chi connectivity index (χ0n) is 5.98. The van der Waals surface area contributed by atoms with Crippen molar-refractivity contribution in [1.29, 1.82) is 0 Å². The van der Waals surface area contributed by atoms with Crippen molar-refractivity contribution >= 4 is 0 Å². The van der Waals surface area contributed by atoms with Crippen LogP contribution in [0.3, 0.4) is 0 Å². The van der Waals surface area contributed by atoms with Crippen LogP contribution in [0.25, 0.3) is 0 Å². The predicted molar refractivity (Wildman–Crippen MR) is 35.5 cm³/mol. The van der Waals surface area contributed by atoms with Gasteiger partial charge in [-0.2, -0.15) is 5.48 Å². The molecule has 0 saturated carbocycles. The van der Waals surface area contributed by atoms with E-state index < -0.39 is 0 Å². The van der Waals surface area contributed by atoms with Crippen molar-refractivity contribution < 1.29 is 4.84 Å². The van der Waals surface area contributed by atoms with E-state index in [1.165, 1.54) is 6.42 Å². The Balaban J connectivity index is 2.14. The molecule has 2 N–H and O–H groups in total. The van der Waals surface area contributed by atoms with Gasteiger partial charge in [-0.3, -0.25) is 10.2 Å². The van der Waals surface area contributed by atoms with E-state index in [1.54, 1.807) is 0 Å². The average molecular weight is 130 g/mol. The van der Waals surface area contributed by atoms with Gasteiger partial charge in [-0.25, -0.2) is 0 Å². The van der Waals surface area contributed by atoms with E-state index in [2.05, 4.69) is 17.7 Å². The molecule has 1 aliphatic rings. The lowest BCUT2D eigenvalue weighted by molar-refractivity contribution is 0.0324. The predicted octanol–water partition coefficient (Wildman–Crippen LogP) is 0.583. The molecule has 9 heavy (non-hydrogen) atoms. The highest BCUT2D eigenvalue weighted by Crippen LogP contribution is 2.01. The number of hydrogen-bond acceptors (Lipinski definition) is 3. The van der Waals surface area contributed by atoms with E-state index in [-0.39, 0.29) is 6.23 Å². The SMILES string of the molecule is CCCC1NOC(C)N1. The molecule has 1 heterocycles. The van der Waals surface area contributed by atoms with E-state index in [0.29, 0.717) is 6.17 Å². The molecule has 1 aliphatic heterocycles. The Morgan fingerprint density at radius 3 is 2.78 bits per heavy atom. The molecule has 3 heteroatoms. The Hall–Kier alpha value is -0.120. The van der Waals surface area contributed by atoms with E-state index in [9.17, 15) is 0 Å². The number of nitrogens with one attached hydrogen (secondary N) is 2. The molecule has 0 bridgehead atoms. The highest BCUT2D eigenvalue weighted by molar-refractivity contribution is 4.64. The van der Waals surface area contributed by atoms with Crippen LogP contribution < -0.4 is 10.8 Å². The van der Waals surface area contributed by atoms with Crippen molar-refractivity contribution in [3.8, 4) is 0 Å². The second-order valence-electron chi connectivity index (χ2n) is 2.39. The van der Waals surface area contributed by atoms with Crippen molar-refractivity contribution in [3.05, 3.63) is 0 Å². The first-order valence-electron chi connectivity index (χ1n) is 3.50. The zero-order chi connectivity index (χ0) is 6.69. The molecule has 1 fully saturated rings. The molecule has 2 atom stereocenters. The van der Waals surface area contributed by atoms with Gasteiger partial charge in [0.15, 0.2) is 0 Å². The fraction of sp³-hybridized carbons (Fsp3) is 1.00. The quantitative estimate of drug-likeness (QED) is 0.573. The topological polar surface area (TPSA) is 33.3 Å². The fourth-order valence-corrected chi connectivity index (χ4v) is 0.966. The van der Waals surface area contributed by atoms with Gasteiger partial charge in [0.2, 0.25) is 0 Å². The third kappa shape index (κ3) is 1.93. The molecule has 0 aromatic rings. The maximum absolute atomic E-state index is 5.06. The second-order valence-corrected chi connectivity index (χ2v) is 2.39. The highest BCUT2D eigenvalue weighted by atomic mass is 16.7. The normalized spacial score (nSPS) is 35.3. The summed E-state index contributed by atoms with van der Waals surface area (Å²) in [5.41, 5.74) is 2.90. The summed E-state index contributed by atoms with van der Waals surface area (Å²) in [7, 11) is 0. The molecule has 3 nitrogen and oxygen atoms in total. The second kappa shape index (κ2) is 3.15. The zero-order valence-corrected chi connectivity index (χ0v) is 5.98. The smallest absolute Gasteiger partial charge is 0.128 e. The van der Waals surface area contributed by atoms with E-state index >= 15 is 0 Å². The van der Waals surface area contributed by atoms with Gasteiger partial charge in [-0.15, -0.1) is 0 Å². The van der Waals surface area contributed by atoms with Crippen LogP contribution in [-0.2, 0) is 4.84 Å². The lowest BCUT2D eigenvalue weighted by atomic mass is 10.3. The van der Waals surface area contributed by atoms with Crippen molar-refractivity contribution in [3.63, 3.8) is 0 Å².